The Morgan fingerprint density at radius 1 is 1.00 bits per heavy atom. The second-order valence-corrected chi connectivity index (χ2v) is 7.23. The summed E-state index contributed by atoms with van der Waals surface area (Å²) >= 11 is 1.79. The van der Waals surface area contributed by atoms with Gasteiger partial charge in [-0.3, -0.25) is 4.99 Å². The molecule has 1 aliphatic rings. The van der Waals surface area contributed by atoms with Crippen LogP contribution < -0.4 is 9.64 Å². The van der Waals surface area contributed by atoms with E-state index in [4.69, 9.17) is 4.74 Å². The van der Waals surface area contributed by atoms with Crippen LogP contribution in [0.4, 0.5) is 11.4 Å². The Labute approximate surface area is 163 Å². The summed E-state index contributed by atoms with van der Waals surface area (Å²) in [6, 6.07) is 20.6. The van der Waals surface area contributed by atoms with E-state index in [2.05, 4.69) is 59.4 Å². The van der Waals surface area contributed by atoms with E-state index in [1.807, 2.05) is 36.4 Å². The van der Waals surface area contributed by atoms with Gasteiger partial charge in [0.15, 0.2) is 0 Å². The monoisotopic (exact) mass is 372 g/mol. The predicted octanol–water partition coefficient (Wildman–Crippen LogP) is 6.19. The lowest BCUT2D eigenvalue weighted by Crippen LogP contribution is -2.09. The molecule has 0 fully saturated rings. The van der Waals surface area contributed by atoms with Gasteiger partial charge in [0.2, 0.25) is 0 Å². The fourth-order valence-electron chi connectivity index (χ4n) is 3.11. The third-order valence-corrected chi connectivity index (χ3v) is 5.63. The largest absolute Gasteiger partial charge is 0.497 e. The number of rotatable bonds is 4. The number of benzene rings is 3. The van der Waals surface area contributed by atoms with Gasteiger partial charge in [0.1, 0.15) is 5.75 Å². The lowest BCUT2D eigenvalue weighted by Gasteiger charge is -2.15. The van der Waals surface area contributed by atoms with E-state index >= 15 is 0 Å². The van der Waals surface area contributed by atoms with Crippen LogP contribution in [0.2, 0.25) is 0 Å². The molecule has 0 saturated carbocycles. The third-order valence-electron chi connectivity index (χ3n) is 4.46. The van der Waals surface area contributed by atoms with Crippen molar-refractivity contribution in [2.75, 3.05) is 19.1 Å². The number of hydrogen-bond acceptors (Lipinski definition) is 4. The summed E-state index contributed by atoms with van der Waals surface area (Å²) in [6.07, 6.45) is 7.89. The van der Waals surface area contributed by atoms with Crippen molar-refractivity contribution >= 4 is 40.1 Å². The summed E-state index contributed by atoms with van der Waals surface area (Å²) in [4.78, 5) is 7.99. The van der Waals surface area contributed by atoms with Gasteiger partial charge in [0, 0.05) is 29.6 Å². The first-order chi connectivity index (χ1) is 13.3. The quantitative estimate of drug-likeness (QED) is 0.510. The molecule has 4 rings (SSSR count). The predicted molar refractivity (Wildman–Crippen MR) is 117 cm³/mol. The average molecular weight is 372 g/mol. The lowest BCUT2D eigenvalue weighted by atomic mass is 10.1. The van der Waals surface area contributed by atoms with Crippen LogP contribution in [0, 0.1) is 0 Å². The first-order valence-electron chi connectivity index (χ1n) is 8.74. The minimum Gasteiger partial charge on any atom is -0.497 e. The smallest absolute Gasteiger partial charge is 0.121 e. The topological polar surface area (TPSA) is 24.8 Å². The number of aliphatic imine (C=N–C) groups is 1. The molecule has 0 aromatic heterocycles. The summed E-state index contributed by atoms with van der Waals surface area (Å²) in [7, 11) is 3.78. The highest BCUT2D eigenvalue weighted by Gasteiger charge is 2.23. The molecule has 27 heavy (non-hydrogen) atoms. The summed E-state index contributed by atoms with van der Waals surface area (Å²) < 4.78 is 5.21. The first-order valence-corrected chi connectivity index (χ1v) is 9.56. The fraction of sp³-hybridized carbons (Fsp3) is 0.0870. The van der Waals surface area contributed by atoms with Gasteiger partial charge in [-0.25, -0.2) is 0 Å². The number of anilines is 1. The summed E-state index contributed by atoms with van der Waals surface area (Å²) in [5.41, 5.74) is 2.15. The molecule has 1 heterocycles. The van der Waals surface area contributed by atoms with Crippen LogP contribution in [0.3, 0.4) is 0 Å². The Morgan fingerprint density at radius 3 is 2.78 bits per heavy atom. The van der Waals surface area contributed by atoms with Crippen molar-refractivity contribution in [3.05, 3.63) is 83.9 Å². The van der Waals surface area contributed by atoms with E-state index in [1.54, 1.807) is 25.1 Å². The maximum absolute atomic E-state index is 5.21. The van der Waals surface area contributed by atoms with Crippen molar-refractivity contribution in [1.29, 1.82) is 0 Å². The van der Waals surface area contributed by atoms with Crippen LogP contribution in [0.15, 0.2) is 93.8 Å². The molecule has 0 radical (unpaired) electrons. The van der Waals surface area contributed by atoms with Crippen LogP contribution >= 0.6 is 11.8 Å². The van der Waals surface area contributed by atoms with E-state index in [1.165, 1.54) is 26.4 Å². The highest BCUT2D eigenvalue weighted by atomic mass is 32.2. The second kappa shape index (κ2) is 7.72. The Bertz CT molecular complexity index is 1070. The first kappa shape index (κ1) is 17.4. The zero-order valence-corrected chi connectivity index (χ0v) is 16.1. The molecule has 3 aromatic rings. The van der Waals surface area contributed by atoms with Gasteiger partial charge < -0.3 is 9.64 Å². The molecule has 4 heteroatoms. The van der Waals surface area contributed by atoms with Crippen molar-refractivity contribution in [2.24, 2.45) is 4.99 Å². The standard InChI is InChI=1S/C23H20N2OS/c1-25-22(12-5-6-15-24-18-9-7-10-19(16-18)26-2)27-21-14-13-17-8-3-4-11-20(17)23(21)25/h3-16H,1-2H3/b6-5+,22-12+,24-15?. The highest BCUT2D eigenvalue weighted by molar-refractivity contribution is 8.03. The van der Waals surface area contributed by atoms with E-state index in [0.717, 1.165) is 11.4 Å². The molecule has 0 saturated heterocycles. The zero-order chi connectivity index (χ0) is 18.6. The SMILES string of the molecule is COc1cccc(N=C/C=C/C=C2/Sc3ccc4ccccc4c3N2C)c1. The molecule has 134 valence electrons. The van der Waals surface area contributed by atoms with Gasteiger partial charge in [-0.1, -0.05) is 54.2 Å². The average Bonchev–Trinajstić information content (AvgIpc) is 3.04. The van der Waals surface area contributed by atoms with Crippen molar-refractivity contribution in [1.82, 2.24) is 0 Å². The molecule has 3 nitrogen and oxygen atoms in total. The summed E-state index contributed by atoms with van der Waals surface area (Å²) in [5, 5.41) is 3.76. The normalized spacial score (nSPS) is 15.3. The van der Waals surface area contributed by atoms with Gasteiger partial charge in [0.25, 0.3) is 0 Å². The summed E-state index contributed by atoms with van der Waals surface area (Å²) in [5.74, 6) is 0.810. The zero-order valence-electron chi connectivity index (χ0n) is 15.3. The Hall–Kier alpha value is -2.98. The number of thioether (sulfide) groups is 1. The number of nitrogens with zero attached hydrogens (tertiary/aromatic N) is 2. The third kappa shape index (κ3) is 3.62. The fourth-order valence-corrected chi connectivity index (χ4v) is 4.19. The van der Waals surface area contributed by atoms with Crippen molar-refractivity contribution in [2.45, 2.75) is 4.90 Å². The minimum absolute atomic E-state index is 0.810. The molecule has 0 spiro atoms. The maximum Gasteiger partial charge on any atom is 0.121 e. The highest BCUT2D eigenvalue weighted by Crippen LogP contribution is 2.48. The van der Waals surface area contributed by atoms with Crippen molar-refractivity contribution in [3.63, 3.8) is 0 Å². The van der Waals surface area contributed by atoms with Gasteiger partial charge in [0.05, 0.1) is 23.5 Å². The molecular weight excluding hydrogens is 352 g/mol. The van der Waals surface area contributed by atoms with Crippen LogP contribution in [0.25, 0.3) is 10.8 Å². The van der Waals surface area contributed by atoms with E-state index in [0.29, 0.717) is 0 Å². The molecule has 0 aliphatic carbocycles. The Balaban J connectivity index is 1.50. The number of hydrogen-bond donors (Lipinski definition) is 0. The maximum atomic E-state index is 5.21. The van der Waals surface area contributed by atoms with Crippen LogP contribution in [0.1, 0.15) is 0 Å². The number of methoxy groups -OCH3 is 1. The second-order valence-electron chi connectivity index (χ2n) is 6.16. The molecule has 0 N–H and O–H groups in total. The van der Waals surface area contributed by atoms with Crippen molar-refractivity contribution in [3.8, 4) is 5.75 Å². The number of allylic oxidation sites excluding steroid dienone is 3. The molecule has 0 amide bonds. The van der Waals surface area contributed by atoms with Gasteiger partial charge in [-0.15, -0.1) is 0 Å². The molecule has 0 bridgehead atoms. The van der Waals surface area contributed by atoms with Gasteiger partial charge in [-0.2, -0.15) is 0 Å². The minimum atomic E-state index is 0.810. The lowest BCUT2D eigenvalue weighted by molar-refractivity contribution is 0.415. The van der Waals surface area contributed by atoms with E-state index < -0.39 is 0 Å². The Kier molecular flexibility index (Phi) is 4.99. The number of ether oxygens (including phenoxy) is 1. The van der Waals surface area contributed by atoms with Gasteiger partial charge in [-0.05, 0) is 35.7 Å². The van der Waals surface area contributed by atoms with Crippen LogP contribution in [-0.2, 0) is 0 Å². The molecule has 3 aromatic carbocycles. The molecular formula is C23H20N2OS. The Morgan fingerprint density at radius 2 is 1.89 bits per heavy atom. The van der Waals surface area contributed by atoms with Crippen LogP contribution in [0.5, 0.6) is 5.75 Å². The van der Waals surface area contributed by atoms with Crippen molar-refractivity contribution < 1.29 is 4.74 Å². The summed E-state index contributed by atoms with van der Waals surface area (Å²) in [6.45, 7) is 0. The van der Waals surface area contributed by atoms with Gasteiger partial charge >= 0.3 is 0 Å². The molecule has 0 unspecified atom stereocenters. The molecule has 1 aliphatic heterocycles. The van der Waals surface area contributed by atoms with E-state index in [9.17, 15) is 0 Å². The number of fused-ring (bicyclic) bond motifs is 3. The molecule has 0 atom stereocenters. The van der Waals surface area contributed by atoms with E-state index in [-0.39, 0.29) is 0 Å². The van der Waals surface area contributed by atoms with Crippen LogP contribution in [-0.4, -0.2) is 20.4 Å².